The van der Waals surface area contributed by atoms with E-state index >= 15 is 0 Å². The number of carbonyl (C=O) groups excluding carboxylic acids is 4. The molecule has 0 bridgehead atoms. The maximum Gasteiger partial charge on any atom is 0.291 e. The van der Waals surface area contributed by atoms with Crippen LogP contribution in [0.1, 0.15) is 43.3 Å². The average molecular weight is 434 g/mol. The first-order chi connectivity index (χ1) is 15.3. The van der Waals surface area contributed by atoms with Gasteiger partial charge in [-0.3, -0.25) is 19.2 Å². The highest BCUT2D eigenvalue weighted by atomic mass is 16.3. The number of rotatable bonds is 8. The number of carbonyl (C=O) groups is 4. The largest absolute Gasteiger partial charge is 0.459 e. The van der Waals surface area contributed by atoms with Crippen molar-refractivity contribution in [2.24, 2.45) is 5.73 Å². The van der Waals surface area contributed by atoms with E-state index in [0.29, 0.717) is 11.4 Å². The van der Waals surface area contributed by atoms with E-state index in [0.717, 1.165) is 5.56 Å². The summed E-state index contributed by atoms with van der Waals surface area (Å²) in [6.07, 6.45) is 1.41. The Hall–Kier alpha value is -4.40. The molecule has 0 radical (unpaired) electrons. The summed E-state index contributed by atoms with van der Waals surface area (Å²) in [6.45, 7) is 1.89. The Morgan fingerprint density at radius 1 is 0.875 bits per heavy atom. The van der Waals surface area contributed by atoms with Gasteiger partial charge < -0.3 is 26.1 Å². The van der Waals surface area contributed by atoms with Gasteiger partial charge in [0.1, 0.15) is 0 Å². The van der Waals surface area contributed by atoms with Crippen LogP contribution in [0.15, 0.2) is 65.3 Å². The molecular formula is C23H22N4O5. The van der Waals surface area contributed by atoms with E-state index in [1.165, 1.54) is 12.3 Å². The van der Waals surface area contributed by atoms with E-state index in [-0.39, 0.29) is 29.9 Å². The Kier molecular flexibility index (Phi) is 7.02. The lowest BCUT2D eigenvalue weighted by Gasteiger charge is -2.13. The summed E-state index contributed by atoms with van der Waals surface area (Å²) >= 11 is 0. The van der Waals surface area contributed by atoms with Crippen LogP contribution in [0.25, 0.3) is 0 Å². The molecule has 5 N–H and O–H groups in total. The Labute approximate surface area is 184 Å². The molecule has 9 heteroatoms. The zero-order valence-electron chi connectivity index (χ0n) is 17.3. The van der Waals surface area contributed by atoms with Crippen molar-refractivity contribution in [2.45, 2.75) is 13.3 Å². The standard InChI is InChI=1S/C23H22N4O5/c1-14-8-9-15(13-18(14)27-23(31)19-7-4-12-32-19)21(29)26-17-6-3-2-5-16(17)22(30)25-11-10-20(24)28/h2-9,12-13H,10-11H2,1H3,(H2,24,28)(H,25,30)(H,26,29)(H,27,31). The first-order valence-electron chi connectivity index (χ1n) is 9.77. The first-order valence-corrected chi connectivity index (χ1v) is 9.77. The number of nitrogens with one attached hydrogen (secondary N) is 3. The molecule has 9 nitrogen and oxygen atoms in total. The molecule has 32 heavy (non-hydrogen) atoms. The fourth-order valence-electron chi connectivity index (χ4n) is 2.87. The molecule has 0 saturated heterocycles. The van der Waals surface area contributed by atoms with E-state index in [1.807, 2.05) is 0 Å². The van der Waals surface area contributed by atoms with Gasteiger partial charge in [-0.15, -0.1) is 0 Å². The van der Waals surface area contributed by atoms with Crippen LogP contribution >= 0.6 is 0 Å². The lowest BCUT2D eigenvalue weighted by atomic mass is 10.1. The monoisotopic (exact) mass is 434 g/mol. The van der Waals surface area contributed by atoms with E-state index in [1.54, 1.807) is 55.5 Å². The molecular weight excluding hydrogens is 412 g/mol. The minimum absolute atomic E-state index is 0.0101. The number of nitrogens with two attached hydrogens (primary N) is 1. The molecule has 3 aromatic rings. The number of primary amides is 1. The average Bonchev–Trinajstić information content (AvgIpc) is 3.30. The summed E-state index contributed by atoms with van der Waals surface area (Å²) in [4.78, 5) is 48.4. The summed E-state index contributed by atoms with van der Waals surface area (Å²) in [6, 6.07) is 14.5. The third kappa shape index (κ3) is 5.60. The Balaban J connectivity index is 1.74. The van der Waals surface area contributed by atoms with E-state index in [2.05, 4.69) is 16.0 Å². The molecule has 0 aliphatic heterocycles. The molecule has 0 unspecified atom stereocenters. The minimum Gasteiger partial charge on any atom is -0.459 e. The Morgan fingerprint density at radius 2 is 1.62 bits per heavy atom. The number of benzene rings is 2. The van der Waals surface area contributed by atoms with E-state index in [4.69, 9.17) is 10.2 Å². The fraction of sp³-hybridized carbons (Fsp3) is 0.130. The maximum atomic E-state index is 12.8. The lowest BCUT2D eigenvalue weighted by Crippen LogP contribution is -2.28. The van der Waals surface area contributed by atoms with Crippen LogP contribution in [0.2, 0.25) is 0 Å². The normalized spacial score (nSPS) is 10.3. The van der Waals surface area contributed by atoms with Crippen molar-refractivity contribution >= 4 is 35.0 Å². The van der Waals surface area contributed by atoms with E-state index in [9.17, 15) is 19.2 Å². The maximum absolute atomic E-state index is 12.8. The predicted molar refractivity (Wildman–Crippen MR) is 118 cm³/mol. The van der Waals surface area contributed by atoms with Gasteiger partial charge in [-0.1, -0.05) is 18.2 Å². The van der Waals surface area contributed by atoms with Crippen LogP contribution in [0.3, 0.4) is 0 Å². The highest BCUT2D eigenvalue weighted by Gasteiger charge is 2.16. The summed E-state index contributed by atoms with van der Waals surface area (Å²) in [5, 5.41) is 8.02. The lowest BCUT2D eigenvalue weighted by molar-refractivity contribution is -0.117. The van der Waals surface area contributed by atoms with Gasteiger partial charge >= 0.3 is 0 Å². The fourth-order valence-corrected chi connectivity index (χ4v) is 2.87. The zero-order chi connectivity index (χ0) is 23.1. The van der Waals surface area contributed by atoms with Gasteiger partial charge in [-0.05, 0) is 48.9 Å². The van der Waals surface area contributed by atoms with Gasteiger partial charge in [0, 0.05) is 24.2 Å². The number of hydrogen-bond acceptors (Lipinski definition) is 5. The van der Waals surface area contributed by atoms with Gasteiger partial charge in [-0.25, -0.2) is 0 Å². The van der Waals surface area contributed by atoms with Gasteiger partial charge in [0.05, 0.1) is 17.5 Å². The van der Waals surface area contributed by atoms with Crippen molar-refractivity contribution in [2.75, 3.05) is 17.2 Å². The molecule has 164 valence electrons. The number of furan rings is 1. The molecule has 0 spiro atoms. The number of aryl methyl sites for hydroxylation is 1. The van der Waals surface area contributed by atoms with Gasteiger partial charge in [-0.2, -0.15) is 0 Å². The SMILES string of the molecule is Cc1ccc(C(=O)Nc2ccccc2C(=O)NCCC(N)=O)cc1NC(=O)c1ccco1. The molecule has 0 aliphatic carbocycles. The molecule has 0 fully saturated rings. The van der Waals surface area contributed by atoms with Crippen molar-refractivity contribution in [3.63, 3.8) is 0 Å². The van der Waals surface area contributed by atoms with Crippen LogP contribution in [-0.4, -0.2) is 30.2 Å². The molecule has 1 heterocycles. The van der Waals surface area contributed by atoms with Crippen molar-refractivity contribution in [3.05, 3.63) is 83.3 Å². The van der Waals surface area contributed by atoms with Crippen LogP contribution in [0, 0.1) is 6.92 Å². The molecule has 4 amide bonds. The van der Waals surface area contributed by atoms with Crippen molar-refractivity contribution in [3.8, 4) is 0 Å². The minimum atomic E-state index is -0.527. The van der Waals surface area contributed by atoms with E-state index < -0.39 is 23.6 Å². The van der Waals surface area contributed by atoms with Crippen LogP contribution in [0.4, 0.5) is 11.4 Å². The number of anilines is 2. The molecule has 3 rings (SSSR count). The molecule has 0 atom stereocenters. The Bertz CT molecular complexity index is 1150. The van der Waals surface area contributed by atoms with Crippen LogP contribution in [-0.2, 0) is 4.79 Å². The second-order valence-corrected chi connectivity index (χ2v) is 6.93. The molecule has 0 aliphatic rings. The van der Waals surface area contributed by atoms with Gasteiger partial charge in [0.2, 0.25) is 5.91 Å². The smallest absolute Gasteiger partial charge is 0.291 e. The second kappa shape index (κ2) is 10.1. The van der Waals surface area contributed by atoms with Gasteiger partial charge in [0.15, 0.2) is 5.76 Å². The number of para-hydroxylation sites is 1. The van der Waals surface area contributed by atoms with Crippen molar-refractivity contribution < 1.29 is 23.6 Å². The summed E-state index contributed by atoms with van der Waals surface area (Å²) in [7, 11) is 0. The van der Waals surface area contributed by atoms with Crippen LogP contribution < -0.4 is 21.7 Å². The van der Waals surface area contributed by atoms with Crippen molar-refractivity contribution in [1.29, 1.82) is 0 Å². The number of amides is 4. The summed E-state index contributed by atoms with van der Waals surface area (Å²) in [5.41, 5.74) is 7.12. The molecule has 2 aromatic carbocycles. The van der Waals surface area contributed by atoms with Crippen molar-refractivity contribution in [1.82, 2.24) is 5.32 Å². The molecule has 0 saturated carbocycles. The third-order valence-electron chi connectivity index (χ3n) is 4.57. The quantitative estimate of drug-likeness (QED) is 0.431. The number of hydrogen-bond donors (Lipinski definition) is 4. The predicted octanol–water partition coefficient (Wildman–Crippen LogP) is 2.70. The summed E-state index contributed by atoms with van der Waals surface area (Å²) in [5.74, 6) is -1.72. The van der Waals surface area contributed by atoms with Gasteiger partial charge in [0.25, 0.3) is 17.7 Å². The highest BCUT2D eigenvalue weighted by molar-refractivity contribution is 6.10. The summed E-state index contributed by atoms with van der Waals surface area (Å²) < 4.78 is 5.09. The third-order valence-corrected chi connectivity index (χ3v) is 4.57. The Morgan fingerprint density at radius 3 is 2.34 bits per heavy atom. The highest BCUT2D eigenvalue weighted by Crippen LogP contribution is 2.21. The van der Waals surface area contributed by atoms with Crippen LogP contribution in [0.5, 0.6) is 0 Å². The topological polar surface area (TPSA) is 144 Å². The second-order valence-electron chi connectivity index (χ2n) is 6.93. The first kappa shape index (κ1) is 22.3. The molecule has 1 aromatic heterocycles. The zero-order valence-corrected chi connectivity index (χ0v) is 17.3.